The van der Waals surface area contributed by atoms with Gasteiger partial charge in [-0.2, -0.15) is 13.2 Å². The summed E-state index contributed by atoms with van der Waals surface area (Å²) in [4.78, 5) is 35.5. The number of aromatic nitrogens is 5. The predicted octanol–water partition coefficient (Wildman–Crippen LogP) is 3.39. The quantitative estimate of drug-likeness (QED) is 0.458. The Balaban J connectivity index is 1.49. The molecular formula is C23H21F3N6O2. The van der Waals surface area contributed by atoms with Crippen molar-refractivity contribution in [2.24, 2.45) is 0 Å². The highest BCUT2D eigenvalue weighted by Gasteiger charge is 2.33. The third-order valence-corrected chi connectivity index (χ3v) is 6.09. The highest BCUT2D eigenvalue weighted by molar-refractivity contribution is 5.94. The summed E-state index contributed by atoms with van der Waals surface area (Å²) in [7, 11) is 0. The van der Waals surface area contributed by atoms with Crippen molar-refractivity contribution in [1.82, 2.24) is 28.6 Å². The summed E-state index contributed by atoms with van der Waals surface area (Å²) in [6.07, 6.45) is 1.69. The minimum atomic E-state index is -4.56. The van der Waals surface area contributed by atoms with Crippen molar-refractivity contribution < 1.29 is 18.0 Å². The summed E-state index contributed by atoms with van der Waals surface area (Å²) in [5.74, 6) is -0.348. The van der Waals surface area contributed by atoms with Crippen molar-refractivity contribution in [3.8, 4) is 5.69 Å². The maximum Gasteiger partial charge on any atom is 0.433 e. The van der Waals surface area contributed by atoms with Crippen LogP contribution in [0.25, 0.3) is 16.6 Å². The second-order valence-corrected chi connectivity index (χ2v) is 8.23. The fourth-order valence-electron chi connectivity index (χ4n) is 4.37. The molecule has 0 fully saturated rings. The van der Waals surface area contributed by atoms with E-state index in [9.17, 15) is 22.8 Å². The van der Waals surface area contributed by atoms with E-state index in [0.29, 0.717) is 28.7 Å². The van der Waals surface area contributed by atoms with E-state index in [1.165, 1.54) is 10.8 Å². The lowest BCUT2D eigenvalue weighted by atomic mass is 10.1. The molecule has 1 aliphatic heterocycles. The van der Waals surface area contributed by atoms with Crippen LogP contribution in [0, 0.1) is 6.92 Å². The van der Waals surface area contributed by atoms with Crippen LogP contribution in [0.5, 0.6) is 0 Å². The first kappa shape index (κ1) is 21.9. The van der Waals surface area contributed by atoms with Crippen molar-refractivity contribution in [3.63, 3.8) is 0 Å². The van der Waals surface area contributed by atoms with Crippen LogP contribution in [0.15, 0.2) is 47.9 Å². The molecule has 0 spiro atoms. The topological polar surface area (TPSA) is 78.0 Å². The fourth-order valence-corrected chi connectivity index (χ4v) is 4.37. The monoisotopic (exact) mass is 470 g/mol. The van der Waals surface area contributed by atoms with Crippen LogP contribution in [0.4, 0.5) is 13.2 Å². The van der Waals surface area contributed by atoms with Gasteiger partial charge >= 0.3 is 6.18 Å². The van der Waals surface area contributed by atoms with Crippen molar-refractivity contribution >= 4 is 16.8 Å². The zero-order valence-corrected chi connectivity index (χ0v) is 18.5. The molecule has 8 nitrogen and oxygen atoms in total. The van der Waals surface area contributed by atoms with Gasteiger partial charge in [-0.3, -0.25) is 9.59 Å². The summed E-state index contributed by atoms with van der Waals surface area (Å²) in [5, 5.41) is 0.408. The Kier molecular flexibility index (Phi) is 5.07. The number of aryl methyl sites for hydroxylation is 2. The molecule has 0 atom stereocenters. The molecule has 0 N–H and O–H groups in total. The Hall–Kier alpha value is -3.89. The first-order valence-corrected chi connectivity index (χ1v) is 10.8. The summed E-state index contributed by atoms with van der Waals surface area (Å²) in [6, 6.07) is 4.21. The van der Waals surface area contributed by atoms with Gasteiger partial charge < -0.3 is 18.6 Å². The van der Waals surface area contributed by atoms with Gasteiger partial charge in [-0.15, -0.1) is 0 Å². The fraction of sp³-hybridized carbons (Fsp3) is 0.304. The third-order valence-electron chi connectivity index (χ3n) is 6.09. The average molecular weight is 470 g/mol. The molecule has 34 heavy (non-hydrogen) atoms. The molecule has 11 heteroatoms. The molecule has 5 heterocycles. The second kappa shape index (κ2) is 7.86. The van der Waals surface area contributed by atoms with E-state index in [-0.39, 0.29) is 36.8 Å². The van der Waals surface area contributed by atoms with Gasteiger partial charge in [0.25, 0.3) is 11.5 Å². The summed E-state index contributed by atoms with van der Waals surface area (Å²) >= 11 is 0. The van der Waals surface area contributed by atoms with Gasteiger partial charge in [0.1, 0.15) is 17.1 Å². The van der Waals surface area contributed by atoms with Gasteiger partial charge in [0, 0.05) is 44.0 Å². The minimum Gasteiger partial charge on any atom is -0.346 e. The van der Waals surface area contributed by atoms with E-state index in [2.05, 4.69) is 9.97 Å². The number of carbonyl (C=O) groups is 1. The van der Waals surface area contributed by atoms with Crippen LogP contribution in [0.3, 0.4) is 0 Å². The molecule has 0 saturated heterocycles. The van der Waals surface area contributed by atoms with Crippen LogP contribution >= 0.6 is 0 Å². The molecule has 4 aromatic heterocycles. The SMILES string of the molecule is CCn1cc(CN2CCn3c(ccc(-n4cnc(C)c4)c3=O)C2=O)c2cc(C(F)(F)F)ncc21. The number of alkyl halides is 3. The van der Waals surface area contributed by atoms with Gasteiger partial charge in [-0.05, 0) is 37.6 Å². The number of hydrogen-bond acceptors (Lipinski definition) is 4. The summed E-state index contributed by atoms with van der Waals surface area (Å²) < 4.78 is 44.6. The lowest BCUT2D eigenvalue weighted by Crippen LogP contribution is -2.44. The first-order chi connectivity index (χ1) is 16.2. The Bertz CT molecular complexity index is 1480. The van der Waals surface area contributed by atoms with E-state index in [1.54, 1.807) is 40.3 Å². The Morgan fingerprint density at radius 3 is 2.56 bits per heavy atom. The summed E-state index contributed by atoms with van der Waals surface area (Å²) in [6.45, 7) is 4.91. The lowest BCUT2D eigenvalue weighted by molar-refractivity contribution is -0.141. The van der Waals surface area contributed by atoms with Gasteiger partial charge in [0.15, 0.2) is 0 Å². The number of pyridine rings is 2. The molecule has 0 aliphatic carbocycles. The van der Waals surface area contributed by atoms with Crippen LogP contribution in [-0.2, 0) is 25.8 Å². The number of imidazole rings is 1. The summed E-state index contributed by atoms with van der Waals surface area (Å²) in [5.41, 5.74) is 1.30. The van der Waals surface area contributed by atoms with Gasteiger partial charge in [-0.1, -0.05) is 0 Å². The number of nitrogens with zero attached hydrogens (tertiary/aromatic N) is 6. The molecule has 0 radical (unpaired) electrons. The van der Waals surface area contributed by atoms with Gasteiger partial charge in [-0.25, -0.2) is 9.97 Å². The van der Waals surface area contributed by atoms with Crippen LogP contribution < -0.4 is 5.56 Å². The van der Waals surface area contributed by atoms with Crippen molar-refractivity contribution in [1.29, 1.82) is 0 Å². The largest absolute Gasteiger partial charge is 0.433 e. The van der Waals surface area contributed by atoms with Crippen LogP contribution in [-0.4, -0.2) is 41.0 Å². The number of fused-ring (bicyclic) bond motifs is 2. The second-order valence-electron chi connectivity index (χ2n) is 8.23. The predicted molar refractivity (Wildman–Crippen MR) is 118 cm³/mol. The molecule has 176 valence electrons. The molecular weight excluding hydrogens is 449 g/mol. The van der Waals surface area contributed by atoms with E-state index in [1.807, 2.05) is 18.4 Å². The molecule has 4 aromatic rings. The number of hydrogen-bond donors (Lipinski definition) is 0. The van der Waals surface area contributed by atoms with Gasteiger partial charge in [0.05, 0.1) is 23.7 Å². The minimum absolute atomic E-state index is 0.125. The van der Waals surface area contributed by atoms with E-state index < -0.39 is 11.9 Å². The van der Waals surface area contributed by atoms with Gasteiger partial charge in [0.2, 0.25) is 0 Å². The normalized spacial score (nSPS) is 14.1. The standard InChI is InChI=1S/C23H21F3N6O2/c1-3-29-11-15(16-8-20(23(24,25)26)27-9-19(16)29)12-30-6-7-32-18(21(30)33)5-4-17(22(32)34)31-10-14(2)28-13-31/h4-5,8-11,13H,3,6-7,12H2,1-2H3. The van der Waals surface area contributed by atoms with Crippen molar-refractivity contribution in [2.75, 3.05) is 6.54 Å². The molecule has 1 aliphatic rings. The number of carbonyl (C=O) groups excluding carboxylic acids is 1. The molecule has 0 saturated carbocycles. The molecule has 0 bridgehead atoms. The number of rotatable bonds is 4. The van der Waals surface area contributed by atoms with E-state index in [0.717, 1.165) is 11.8 Å². The smallest absolute Gasteiger partial charge is 0.346 e. The average Bonchev–Trinajstić information content (AvgIpc) is 3.38. The zero-order chi connectivity index (χ0) is 24.2. The van der Waals surface area contributed by atoms with E-state index >= 15 is 0 Å². The van der Waals surface area contributed by atoms with Crippen LogP contribution in [0.1, 0.15) is 34.4 Å². The highest BCUT2D eigenvalue weighted by Crippen LogP contribution is 2.32. The molecule has 1 amide bonds. The Morgan fingerprint density at radius 1 is 1.09 bits per heavy atom. The van der Waals surface area contributed by atoms with Crippen LogP contribution in [0.2, 0.25) is 0 Å². The molecule has 5 rings (SSSR count). The Labute approximate surface area is 191 Å². The highest BCUT2D eigenvalue weighted by atomic mass is 19.4. The molecule has 0 aromatic carbocycles. The zero-order valence-electron chi connectivity index (χ0n) is 18.5. The lowest BCUT2D eigenvalue weighted by Gasteiger charge is -2.29. The van der Waals surface area contributed by atoms with E-state index in [4.69, 9.17) is 0 Å². The van der Waals surface area contributed by atoms with Crippen molar-refractivity contribution in [2.45, 2.75) is 39.7 Å². The Morgan fingerprint density at radius 2 is 1.88 bits per heavy atom. The molecule has 0 unspecified atom stereocenters. The number of amides is 1. The third kappa shape index (κ3) is 3.57. The first-order valence-electron chi connectivity index (χ1n) is 10.8. The van der Waals surface area contributed by atoms with Crippen molar-refractivity contribution in [3.05, 3.63) is 76.1 Å². The number of halogens is 3. The maximum absolute atomic E-state index is 13.2. The maximum atomic E-state index is 13.2.